The van der Waals surface area contributed by atoms with Gasteiger partial charge in [-0.3, -0.25) is 4.98 Å². The number of halogens is 1. The molecule has 0 fully saturated rings. The number of anilines is 1. The molecule has 1 aromatic heterocycles. The van der Waals surface area contributed by atoms with E-state index in [0.717, 1.165) is 16.6 Å². The molecule has 3 nitrogen and oxygen atoms in total. The fourth-order valence-electron chi connectivity index (χ4n) is 1.36. The quantitative estimate of drug-likeness (QED) is 0.749. The lowest BCUT2D eigenvalue weighted by Gasteiger charge is -2.06. The van der Waals surface area contributed by atoms with Crippen LogP contribution in [0.5, 0.6) is 0 Å². The first kappa shape index (κ1) is 10.1. The highest BCUT2D eigenvalue weighted by Crippen LogP contribution is 2.25. The van der Waals surface area contributed by atoms with Gasteiger partial charge in [-0.1, -0.05) is 17.7 Å². The minimum Gasteiger partial charge on any atom is -0.376 e. The van der Waals surface area contributed by atoms with Gasteiger partial charge in [-0.15, -0.1) is 0 Å². The highest BCUT2D eigenvalue weighted by molar-refractivity contribution is 7.80. The average Bonchev–Trinajstić information content (AvgIpc) is 2.16. The fourth-order valence-corrected chi connectivity index (χ4v) is 1.76. The molecule has 3 N–H and O–H groups in total. The highest BCUT2D eigenvalue weighted by Gasteiger charge is 2.03. The van der Waals surface area contributed by atoms with Gasteiger partial charge < -0.3 is 11.1 Å². The number of fused-ring (bicyclic) bond motifs is 1. The molecule has 0 spiro atoms. The van der Waals surface area contributed by atoms with Gasteiger partial charge in [0.2, 0.25) is 0 Å². The summed E-state index contributed by atoms with van der Waals surface area (Å²) in [5.41, 5.74) is 6.92. The normalized spacial score (nSPS) is 10.2. The topological polar surface area (TPSA) is 50.9 Å². The van der Waals surface area contributed by atoms with Crippen molar-refractivity contribution < 1.29 is 0 Å². The molecule has 0 aliphatic heterocycles. The molecule has 0 unspecified atom stereocenters. The standard InChI is InChI=1S/C10H8ClN3S/c11-8-5-7(14-10(12)15)4-6-2-1-3-13-9(6)8/h1-5H,(H3,12,14,15). The fraction of sp³-hybridized carbons (Fsp3) is 0. The maximum atomic E-state index is 6.06. The summed E-state index contributed by atoms with van der Waals surface area (Å²) in [5, 5.41) is 4.58. The van der Waals surface area contributed by atoms with Gasteiger partial charge in [0.25, 0.3) is 0 Å². The summed E-state index contributed by atoms with van der Waals surface area (Å²) in [6.07, 6.45) is 1.70. The molecule has 0 aliphatic rings. The van der Waals surface area contributed by atoms with Crippen molar-refractivity contribution in [3.05, 3.63) is 35.5 Å². The SMILES string of the molecule is NC(=S)Nc1cc(Cl)c2ncccc2c1. The number of nitrogens with zero attached hydrogens (tertiary/aromatic N) is 1. The summed E-state index contributed by atoms with van der Waals surface area (Å²) < 4.78 is 0. The average molecular weight is 238 g/mol. The number of nitrogens with two attached hydrogens (primary N) is 1. The molecule has 1 heterocycles. The third-order valence-corrected chi connectivity index (χ3v) is 2.32. The predicted octanol–water partition coefficient (Wildman–Crippen LogP) is 2.54. The minimum absolute atomic E-state index is 0.217. The van der Waals surface area contributed by atoms with Crippen molar-refractivity contribution >= 4 is 45.5 Å². The van der Waals surface area contributed by atoms with Gasteiger partial charge in [0.1, 0.15) is 0 Å². The van der Waals surface area contributed by atoms with E-state index in [4.69, 9.17) is 29.6 Å². The van der Waals surface area contributed by atoms with Gasteiger partial charge in [-0.2, -0.15) is 0 Å². The molecule has 0 bridgehead atoms. The highest BCUT2D eigenvalue weighted by atomic mass is 35.5. The van der Waals surface area contributed by atoms with Gasteiger partial charge in [-0.05, 0) is 30.4 Å². The van der Waals surface area contributed by atoms with Crippen LogP contribution in [0.1, 0.15) is 0 Å². The second-order valence-corrected chi connectivity index (χ2v) is 3.87. The summed E-state index contributed by atoms with van der Waals surface area (Å²) in [7, 11) is 0. The first-order valence-electron chi connectivity index (χ1n) is 4.27. The molecule has 0 saturated heterocycles. The first-order chi connectivity index (χ1) is 7.16. The summed E-state index contributed by atoms with van der Waals surface area (Å²) in [6, 6.07) is 7.42. The van der Waals surface area contributed by atoms with Crippen molar-refractivity contribution in [3.8, 4) is 0 Å². The zero-order chi connectivity index (χ0) is 10.8. The second kappa shape index (κ2) is 4.00. The lowest BCUT2D eigenvalue weighted by Crippen LogP contribution is -2.18. The Labute approximate surface area is 97.2 Å². The molecule has 0 saturated carbocycles. The summed E-state index contributed by atoms with van der Waals surface area (Å²) in [5.74, 6) is 0. The van der Waals surface area contributed by atoms with Crippen LogP contribution in [0.3, 0.4) is 0 Å². The first-order valence-corrected chi connectivity index (χ1v) is 5.06. The van der Waals surface area contributed by atoms with E-state index in [2.05, 4.69) is 10.3 Å². The molecule has 5 heteroatoms. The van der Waals surface area contributed by atoms with Gasteiger partial charge in [0.15, 0.2) is 5.11 Å². The second-order valence-electron chi connectivity index (χ2n) is 3.02. The Hall–Kier alpha value is -1.39. The number of benzene rings is 1. The number of nitrogens with one attached hydrogen (secondary N) is 1. The predicted molar refractivity (Wildman–Crippen MR) is 67.2 cm³/mol. The molecule has 76 valence electrons. The minimum atomic E-state index is 0.217. The van der Waals surface area contributed by atoms with Crippen LogP contribution in [0, 0.1) is 0 Å². The van der Waals surface area contributed by atoms with Crippen LogP contribution < -0.4 is 11.1 Å². The lowest BCUT2D eigenvalue weighted by atomic mass is 10.2. The van der Waals surface area contributed by atoms with E-state index < -0.39 is 0 Å². The molecule has 2 aromatic rings. The molecule has 0 atom stereocenters. The van der Waals surface area contributed by atoms with Crippen LogP contribution in [-0.2, 0) is 0 Å². The maximum absolute atomic E-state index is 6.06. The number of thiocarbonyl (C=S) groups is 1. The Bertz CT molecular complexity index is 527. The van der Waals surface area contributed by atoms with Crippen LogP contribution in [0.2, 0.25) is 5.02 Å². The Morgan fingerprint density at radius 3 is 3.00 bits per heavy atom. The van der Waals surface area contributed by atoms with E-state index in [1.54, 1.807) is 12.3 Å². The van der Waals surface area contributed by atoms with Crippen molar-refractivity contribution in [1.82, 2.24) is 4.98 Å². The van der Waals surface area contributed by atoms with E-state index in [-0.39, 0.29) is 5.11 Å². The van der Waals surface area contributed by atoms with Crippen molar-refractivity contribution in [2.45, 2.75) is 0 Å². The van der Waals surface area contributed by atoms with Crippen molar-refractivity contribution in [3.63, 3.8) is 0 Å². The van der Waals surface area contributed by atoms with E-state index >= 15 is 0 Å². The molecule has 0 aliphatic carbocycles. The number of aromatic nitrogens is 1. The lowest BCUT2D eigenvalue weighted by molar-refractivity contribution is 1.41. The molecule has 1 aromatic carbocycles. The molecular weight excluding hydrogens is 230 g/mol. The van der Waals surface area contributed by atoms with E-state index in [9.17, 15) is 0 Å². The van der Waals surface area contributed by atoms with Crippen molar-refractivity contribution in [2.24, 2.45) is 5.73 Å². The molecule has 15 heavy (non-hydrogen) atoms. The number of hydrogen-bond acceptors (Lipinski definition) is 2. The van der Waals surface area contributed by atoms with Crippen molar-refractivity contribution in [2.75, 3.05) is 5.32 Å². The Morgan fingerprint density at radius 2 is 2.27 bits per heavy atom. The monoisotopic (exact) mass is 237 g/mol. The van der Waals surface area contributed by atoms with Crippen LogP contribution >= 0.6 is 23.8 Å². The van der Waals surface area contributed by atoms with Gasteiger partial charge in [0.05, 0.1) is 10.5 Å². The van der Waals surface area contributed by atoms with Gasteiger partial charge in [-0.25, -0.2) is 0 Å². The van der Waals surface area contributed by atoms with E-state index in [1.807, 2.05) is 18.2 Å². The number of pyridine rings is 1. The number of hydrogen-bond donors (Lipinski definition) is 2. The zero-order valence-corrected chi connectivity index (χ0v) is 9.27. The smallest absolute Gasteiger partial charge is 0.168 e. The third-order valence-electron chi connectivity index (χ3n) is 1.93. The third kappa shape index (κ3) is 2.16. The van der Waals surface area contributed by atoms with E-state index in [0.29, 0.717) is 5.02 Å². The Morgan fingerprint density at radius 1 is 1.47 bits per heavy atom. The van der Waals surface area contributed by atoms with Gasteiger partial charge >= 0.3 is 0 Å². The van der Waals surface area contributed by atoms with E-state index in [1.165, 1.54) is 0 Å². The largest absolute Gasteiger partial charge is 0.376 e. The Kier molecular flexibility index (Phi) is 2.70. The summed E-state index contributed by atoms with van der Waals surface area (Å²) in [6.45, 7) is 0. The summed E-state index contributed by atoms with van der Waals surface area (Å²) >= 11 is 10.8. The molecule has 0 radical (unpaired) electrons. The van der Waals surface area contributed by atoms with Crippen LogP contribution in [0.4, 0.5) is 5.69 Å². The van der Waals surface area contributed by atoms with Crippen LogP contribution in [0.25, 0.3) is 10.9 Å². The van der Waals surface area contributed by atoms with Crippen LogP contribution in [-0.4, -0.2) is 10.1 Å². The Balaban J connectivity index is 2.57. The maximum Gasteiger partial charge on any atom is 0.168 e. The van der Waals surface area contributed by atoms with Crippen LogP contribution in [0.15, 0.2) is 30.5 Å². The van der Waals surface area contributed by atoms with Crippen molar-refractivity contribution in [1.29, 1.82) is 0 Å². The molecule has 0 amide bonds. The van der Waals surface area contributed by atoms with Gasteiger partial charge in [0, 0.05) is 17.3 Å². The summed E-state index contributed by atoms with van der Waals surface area (Å²) in [4.78, 5) is 4.18. The molecule has 2 rings (SSSR count). The molecular formula is C10H8ClN3S. The zero-order valence-electron chi connectivity index (χ0n) is 7.70. The number of rotatable bonds is 1.